The summed E-state index contributed by atoms with van der Waals surface area (Å²) >= 11 is 3.44. The molecule has 0 saturated heterocycles. The topological polar surface area (TPSA) is 55.1 Å². The van der Waals surface area contributed by atoms with Gasteiger partial charge in [0.2, 0.25) is 5.91 Å². The van der Waals surface area contributed by atoms with Gasteiger partial charge in [-0.3, -0.25) is 4.79 Å². The summed E-state index contributed by atoms with van der Waals surface area (Å²) in [6.45, 7) is 2.00. The highest BCUT2D eigenvalue weighted by Crippen LogP contribution is 2.24. The van der Waals surface area contributed by atoms with Crippen molar-refractivity contribution in [3.8, 4) is 0 Å². The highest BCUT2D eigenvalue weighted by molar-refractivity contribution is 9.10. The molecule has 0 saturated carbocycles. The smallest absolute Gasteiger partial charge is 0.226 e. The van der Waals surface area contributed by atoms with Gasteiger partial charge in [0.25, 0.3) is 0 Å². The number of carbonyl (C=O) groups is 1. The minimum atomic E-state index is -0.291. The van der Waals surface area contributed by atoms with Gasteiger partial charge in [-0.05, 0) is 46.1 Å². The molecule has 0 spiro atoms. The molecular formula is C16H17BrN2O. The first kappa shape index (κ1) is 14.8. The van der Waals surface area contributed by atoms with Gasteiger partial charge in [-0.2, -0.15) is 0 Å². The maximum Gasteiger partial charge on any atom is 0.226 e. The van der Waals surface area contributed by atoms with Crippen LogP contribution in [0.25, 0.3) is 0 Å². The molecule has 3 N–H and O–H groups in total. The summed E-state index contributed by atoms with van der Waals surface area (Å²) in [5, 5.41) is 2.87. The first-order chi connectivity index (χ1) is 9.56. The third-order valence-electron chi connectivity index (χ3n) is 3.03. The lowest BCUT2D eigenvalue weighted by atomic mass is 10.0. The molecule has 0 aromatic heterocycles. The molecule has 104 valence electrons. The Hall–Kier alpha value is -1.65. The molecule has 1 amide bonds. The Bertz CT molecular complexity index is 599. The maximum atomic E-state index is 12.0. The number of rotatable bonds is 4. The van der Waals surface area contributed by atoms with Crippen LogP contribution in [0.4, 0.5) is 5.69 Å². The second-order valence-corrected chi connectivity index (χ2v) is 5.61. The van der Waals surface area contributed by atoms with Gasteiger partial charge in [0.1, 0.15) is 0 Å². The summed E-state index contributed by atoms with van der Waals surface area (Å²) in [4.78, 5) is 12.0. The fraction of sp³-hybridized carbons (Fsp3) is 0.188. The molecule has 0 aliphatic rings. The highest BCUT2D eigenvalue weighted by Gasteiger charge is 2.12. The lowest BCUT2D eigenvalue weighted by molar-refractivity contribution is -0.116. The van der Waals surface area contributed by atoms with Crippen LogP contribution in [0.3, 0.4) is 0 Å². The predicted octanol–water partition coefficient (Wildman–Crippen LogP) is 3.79. The fourth-order valence-electron chi connectivity index (χ4n) is 1.94. The molecule has 1 unspecified atom stereocenters. The number of amides is 1. The normalized spacial score (nSPS) is 11.9. The van der Waals surface area contributed by atoms with E-state index >= 15 is 0 Å². The monoisotopic (exact) mass is 332 g/mol. The average molecular weight is 333 g/mol. The Balaban J connectivity index is 1.99. The number of hydrogen-bond donors (Lipinski definition) is 2. The van der Waals surface area contributed by atoms with Crippen LogP contribution in [0.15, 0.2) is 53.0 Å². The molecule has 0 bridgehead atoms. The van der Waals surface area contributed by atoms with Crippen molar-refractivity contribution in [2.75, 3.05) is 5.32 Å². The summed E-state index contributed by atoms with van der Waals surface area (Å²) in [5.41, 5.74) is 8.90. The van der Waals surface area contributed by atoms with E-state index in [2.05, 4.69) is 21.2 Å². The molecule has 20 heavy (non-hydrogen) atoms. The Morgan fingerprint density at radius 3 is 2.60 bits per heavy atom. The Morgan fingerprint density at radius 2 is 1.95 bits per heavy atom. The van der Waals surface area contributed by atoms with Crippen molar-refractivity contribution in [1.29, 1.82) is 0 Å². The van der Waals surface area contributed by atoms with E-state index in [1.165, 1.54) is 0 Å². The van der Waals surface area contributed by atoms with Crippen LogP contribution in [0.2, 0.25) is 0 Å². The summed E-state index contributed by atoms with van der Waals surface area (Å²) in [6, 6.07) is 15.1. The van der Waals surface area contributed by atoms with E-state index in [-0.39, 0.29) is 18.4 Å². The third kappa shape index (κ3) is 3.92. The van der Waals surface area contributed by atoms with E-state index in [1.807, 2.05) is 55.5 Å². The zero-order chi connectivity index (χ0) is 14.5. The summed E-state index contributed by atoms with van der Waals surface area (Å²) in [5.74, 6) is -0.0918. The molecule has 2 rings (SSSR count). The number of nitrogens with one attached hydrogen (secondary N) is 1. The van der Waals surface area contributed by atoms with Crippen molar-refractivity contribution in [3.05, 3.63) is 64.1 Å². The largest absolute Gasteiger partial charge is 0.325 e. The van der Waals surface area contributed by atoms with Crippen LogP contribution in [0.1, 0.15) is 23.6 Å². The van der Waals surface area contributed by atoms with Gasteiger partial charge in [0, 0.05) is 16.9 Å². The van der Waals surface area contributed by atoms with Crippen molar-refractivity contribution in [2.45, 2.75) is 19.4 Å². The summed E-state index contributed by atoms with van der Waals surface area (Å²) in [7, 11) is 0. The van der Waals surface area contributed by atoms with Gasteiger partial charge < -0.3 is 11.1 Å². The quantitative estimate of drug-likeness (QED) is 0.894. The Kier molecular flexibility index (Phi) is 4.93. The van der Waals surface area contributed by atoms with Crippen LogP contribution >= 0.6 is 15.9 Å². The third-order valence-corrected chi connectivity index (χ3v) is 3.69. The van der Waals surface area contributed by atoms with Crippen molar-refractivity contribution in [2.24, 2.45) is 5.73 Å². The highest BCUT2D eigenvalue weighted by atomic mass is 79.9. The van der Waals surface area contributed by atoms with Gasteiger partial charge in [0.05, 0.1) is 5.69 Å². The molecule has 3 nitrogen and oxygen atoms in total. The van der Waals surface area contributed by atoms with E-state index in [9.17, 15) is 4.79 Å². The number of carbonyl (C=O) groups excluding carboxylic acids is 1. The van der Waals surface area contributed by atoms with Gasteiger partial charge in [-0.15, -0.1) is 0 Å². The number of halogens is 1. The summed E-state index contributed by atoms with van der Waals surface area (Å²) in [6.07, 6.45) is 0.254. The average Bonchev–Trinajstić information content (AvgIpc) is 2.43. The fourth-order valence-corrected chi connectivity index (χ4v) is 2.53. The van der Waals surface area contributed by atoms with E-state index in [0.29, 0.717) is 0 Å². The zero-order valence-electron chi connectivity index (χ0n) is 11.3. The predicted molar refractivity (Wildman–Crippen MR) is 85.5 cm³/mol. The van der Waals surface area contributed by atoms with Crippen LogP contribution < -0.4 is 11.1 Å². The number of benzene rings is 2. The molecular weight excluding hydrogens is 316 g/mol. The van der Waals surface area contributed by atoms with E-state index in [4.69, 9.17) is 5.73 Å². The van der Waals surface area contributed by atoms with Crippen molar-refractivity contribution in [3.63, 3.8) is 0 Å². The van der Waals surface area contributed by atoms with Crippen LogP contribution in [-0.2, 0) is 4.79 Å². The molecule has 1 atom stereocenters. The standard InChI is InChI=1S/C16H17BrN2O/c1-11-7-8-15(13(17)9-11)19-16(20)10-14(18)12-5-3-2-4-6-12/h2-9,14H,10,18H2,1H3,(H,19,20). The van der Waals surface area contributed by atoms with E-state index < -0.39 is 0 Å². The zero-order valence-corrected chi connectivity index (χ0v) is 12.9. The molecule has 0 aliphatic heterocycles. The molecule has 0 heterocycles. The minimum Gasteiger partial charge on any atom is -0.325 e. The van der Waals surface area contributed by atoms with Crippen LogP contribution in [0.5, 0.6) is 0 Å². The minimum absolute atomic E-state index is 0.0918. The number of hydrogen-bond acceptors (Lipinski definition) is 2. The molecule has 0 fully saturated rings. The summed E-state index contributed by atoms with van der Waals surface area (Å²) < 4.78 is 0.874. The maximum absolute atomic E-state index is 12.0. The lowest BCUT2D eigenvalue weighted by Crippen LogP contribution is -2.20. The lowest BCUT2D eigenvalue weighted by Gasteiger charge is -2.13. The first-order valence-electron chi connectivity index (χ1n) is 6.43. The Morgan fingerprint density at radius 1 is 1.25 bits per heavy atom. The second-order valence-electron chi connectivity index (χ2n) is 4.75. The number of anilines is 1. The van der Waals surface area contributed by atoms with E-state index in [1.54, 1.807) is 0 Å². The molecule has 2 aromatic carbocycles. The van der Waals surface area contributed by atoms with Gasteiger partial charge >= 0.3 is 0 Å². The van der Waals surface area contributed by atoms with Gasteiger partial charge in [0.15, 0.2) is 0 Å². The number of aryl methyl sites for hydroxylation is 1. The van der Waals surface area contributed by atoms with Crippen LogP contribution in [0, 0.1) is 6.92 Å². The molecule has 0 radical (unpaired) electrons. The van der Waals surface area contributed by atoms with Crippen molar-refractivity contribution in [1.82, 2.24) is 0 Å². The van der Waals surface area contributed by atoms with Gasteiger partial charge in [-0.25, -0.2) is 0 Å². The second kappa shape index (κ2) is 6.68. The van der Waals surface area contributed by atoms with Crippen molar-refractivity contribution < 1.29 is 4.79 Å². The van der Waals surface area contributed by atoms with E-state index in [0.717, 1.165) is 21.3 Å². The Labute approximate surface area is 127 Å². The molecule has 0 aliphatic carbocycles. The first-order valence-corrected chi connectivity index (χ1v) is 7.22. The van der Waals surface area contributed by atoms with Crippen molar-refractivity contribution >= 4 is 27.5 Å². The molecule has 4 heteroatoms. The SMILES string of the molecule is Cc1ccc(NC(=O)CC(N)c2ccccc2)c(Br)c1. The van der Waals surface area contributed by atoms with Crippen LogP contribution in [-0.4, -0.2) is 5.91 Å². The van der Waals surface area contributed by atoms with Gasteiger partial charge in [-0.1, -0.05) is 36.4 Å². The number of nitrogens with two attached hydrogens (primary N) is 1. The molecule has 2 aromatic rings.